The third kappa shape index (κ3) is 9.98. The van der Waals surface area contributed by atoms with Crippen molar-refractivity contribution in [3.8, 4) is 0 Å². The van der Waals surface area contributed by atoms with Crippen LogP contribution in [0.1, 0.15) is 112 Å². The molecule has 0 spiro atoms. The van der Waals surface area contributed by atoms with Crippen molar-refractivity contribution in [2.75, 3.05) is 32.4 Å². The number of nitrogens with one attached hydrogen (secondary N) is 4. The quantitative estimate of drug-likeness (QED) is 0.212. The van der Waals surface area contributed by atoms with E-state index in [1.807, 2.05) is 34.6 Å². The molecule has 50 heavy (non-hydrogen) atoms. The lowest BCUT2D eigenvalue weighted by atomic mass is 9.80. The monoisotopic (exact) mass is 722 g/mol. The van der Waals surface area contributed by atoms with Gasteiger partial charge in [0.15, 0.2) is 0 Å². The van der Waals surface area contributed by atoms with Crippen molar-refractivity contribution >= 4 is 39.6 Å². The van der Waals surface area contributed by atoms with E-state index in [9.17, 15) is 32.4 Å². The fourth-order valence-electron chi connectivity index (χ4n) is 8.08. The van der Waals surface area contributed by atoms with E-state index < -0.39 is 63.2 Å². The van der Waals surface area contributed by atoms with E-state index in [0.29, 0.717) is 32.4 Å². The Balaban J connectivity index is 1.56. The van der Waals surface area contributed by atoms with Gasteiger partial charge in [0.25, 0.3) is 5.91 Å². The minimum atomic E-state index is -3.41. The standard InChI is InChI=1S/C36H62N6O7S/c1-23(2)26-17-19-42(30(26)32(44)38-27(21-24-13-12-14-24)31(43)33(45)37-6)34(46)29(25-15-8-7-9-16-25)40-35(47)39-28(36(3,4)5)22-41-18-10-11-20-50(41,48)49/h23-30H,7-22H2,1-6H3,(H,37,45)(H,38,44)(H2,39,40,47)/t26-,27?,28-,29+,30+/m1/s1. The molecule has 0 aromatic rings. The zero-order valence-corrected chi connectivity index (χ0v) is 31.9. The molecule has 0 aromatic heterocycles. The predicted molar refractivity (Wildman–Crippen MR) is 191 cm³/mol. The van der Waals surface area contributed by atoms with Gasteiger partial charge >= 0.3 is 6.03 Å². The van der Waals surface area contributed by atoms with Gasteiger partial charge in [-0.3, -0.25) is 19.2 Å². The molecule has 5 atom stereocenters. The Morgan fingerprint density at radius 2 is 1.50 bits per heavy atom. The molecule has 14 heteroatoms. The number of hydrogen-bond donors (Lipinski definition) is 4. The maximum Gasteiger partial charge on any atom is 0.315 e. The zero-order chi connectivity index (χ0) is 36.8. The van der Waals surface area contributed by atoms with Gasteiger partial charge in [0.1, 0.15) is 12.1 Å². The number of nitrogens with zero attached hydrogens (tertiary/aromatic N) is 2. The fourth-order valence-corrected chi connectivity index (χ4v) is 9.69. The Hall–Kier alpha value is -2.74. The van der Waals surface area contributed by atoms with Gasteiger partial charge in [-0.25, -0.2) is 13.2 Å². The summed E-state index contributed by atoms with van der Waals surface area (Å²) in [5, 5.41) is 11.3. The molecule has 4 fully saturated rings. The summed E-state index contributed by atoms with van der Waals surface area (Å²) in [4.78, 5) is 69.7. The van der Waals surface area contributed by atoms with Crippen LogP contribution >= 0.6 is 0 Å². The van der Waals surface area contributed by atoms with Gasteiger partial charge in [-0.2, -0.15) is 4.31 Å². The van der Waals surface area contributed by atoms with E-state index in [4.69, 9.17) is 0 Å². The van der Waals surface area contributed by atoms with Crippen LogP contribution in [0.15, 0.2) is 0 Å². The van der Waals surface area contributed by atoms with E-state index >= 15 is 0 Å². The molecule has 2 aliphatic heterocycles. The highest BCUT2D eigenvalue weighted by Crippen LogP contribution is 2.35. The van der Waals surface area contributed by atoms with Crippen molar-refractivity contribution in [2.24, 2.45) is 29.1 Å². The van der Waals surface area contributed by atoms with Gasteiger partial charge in [0.05, 0.1) is 11.8 Å². The normalized spacial score (nSPS) is 25.2. The summed E-state index contributed by atoms with van der Waals surface area (Å²) in [7, 11) is -2.02. The second-order valence-corrected chi connectivity index (χ2v) is 18.6. The van der Waals surface area contributed by atoms with E-state index in [-0.39, 0.29) is 41.9 Å². The van der Waals surface area contributed by atoms with Gasteiger partial charge in [-0.1, -0.05) is 73.1 Å². The largest absolute Gasteiger partial charge is 0.353 e. The number of likely N-dealkylation sites (tertiary alicyclic amines) is 1. The first-order chi connectivity index (χ1) is 23.5. The average molecular weight is 723 g/mol. The number of sulfonamides is 1. The minimum absolute atomic E-state index is 0.0614. The van der Waals surface area contributed by atoms with Crippen molar-refractivity contribution in [3.05, 3.63) is 0 Å². The first-order valence-electron chi connectivity index (χ1n) is 18.9. The Bertz CT molecular complexity index is 1340. The molecule has 13 nitrogen and oxygen atoms in total. The number of amides is 5. The highest BCUT2D eigenvalue weighted by atomic mass is 32.2. The first kappa shape index (κ1) is 40.0. The van der Waals surface area contributed by atoms with Gasteiger partial charge in [0, 0.05) is 32.7 Å². The highest BCUT2D eigenvalue weighted by Gasteiger charge is 2.47. The Labute approximate surface area is 299 Å². The Kier molecular flexibility index (Phi) is 13.8. The fraction of sp³-hybridized carbons (Fsp3) is 0.861. The van der Waals surface area contributed by atoms with Crippen LogP contribution in [0, 0.1) is 29.1 Å². The minimum Gasteiger partial charge on any atom is -0.353 e. The average Bonchev–Trinajstić information content (AvgIpc) is 3.50. The number of Topliss-reactive ketones (excluding diaryl/α,β-unsaturated/α-hetero) is 1. The van der Waals surface area contributed by atoms with E-state index in [2.05, 4.69) is 21.3 Å². The van der Waals surface area contributed by atoms with Crippen molar-refractivity contribution in [1.29, 1.82) is 0 Å². The van der Waals surface area contributed by atoms with Crippen LogP contribution in [0.4, 0.5) is 4.79 Å². The molecule has 1 unspecified atom stereocenters. The number of hydrogen-bond acceptors (Lipinski definition) is 7. The number of carbonyl (C=O) groups is 5. The van der Waals surface area contributed by atoms with Crippen molar-refractivity contribution in [3.63, 3.8) is 0 Å². The first-order valence-corrected chi connectivity index (χ1v) is 20.6. The van der Waals surface area contributed by atoms with Gasteiger partial charge in [-0.15, -0.1) is 0 Å². The summed E-state index contributed by atoms with van der Waals surface area (Å²) in [6.07, 6.45) is 9.72. The van der Waals surface area contributed by atoms with Crippen molar-refractivity contribution in [2.45, 2.75) is 136 Å². The summed E-state index contributed by atoms with van der Waals surface area (Å²) in [6.45, 7) is 10.8. The molecular formula is C36H62N6O7S. The van der Waals surface area contributed by atoms with Crippen LogP contribution in [-0.2, 0) is 29.2 Å². The van der Waals surface area contributed by atoms with Gasteiger partial charge in [-0.05, 0) is 67.6 Å². The maximum absolute atomic E-state index is 14.6. The molecule has 2 aliphatic carbocycles. The summed E-state index contributed by atoms with van der Waals surface area (Å²) in [5.74, 6) is -2.10. The molecule has 4 aliphatic rings. The van der Waals surface area contributed by atoms with Crippen LogP contribution in [0.3, 0.4) is 0 Å². The lowest BCUT2D eigenvalue weighted by Gasteiger charge is -2.38. The molecule has 284 valence electrons. The summed E-state index contributed by atoms with van der Waals surface area (Å²) < 4.78 is 27.1. The van der Waals surface area contributed by atoms with Gasteiger partial charge in [0.2, 0.25) is 27.6 Å². The maximum atomic E-state index is 14.6. The van der Waals surface area contributed by atoms with Crippen LogP contribution in [-0.4, -0.2) is 104 Å². The Morgan fingerprint density at radius 1 is 0.820 bits per heavy atom. The second kappa shape index (κ2) is 17.2. The summed E-state index contributed by atoms with van der Waals surface area (Å²) >= 11 is 0. The molecule has 4 rings (SSSR count). The smallest absolute Gasteiger partial charge is 0.315 e. The predicted octanol–water partition coefficient (Wildman–Crippen LogP) is 2.94. The van der Waals surface area contributed by atoms with E-state index in [1.165, 1.54) is 11.4 Å². The summed E-state index contributed by atoms with van der Waals surface area (Å²) in [6, 6.07) is -3.77. The van der Waals surface area contributed by atoms with E-state index in [1.54, 1.807) is 4.90 Å². The van der Waals surface area contributed by atoms with Crippen LogP contribution in [0.5, 0.6) is 0 Å². The Morgan fingerprint density at radius 3 is 2.06 bits per heavy atom. The van der Waals surface area contributed by atoms with Crippen LogP contribution in [0.2, 0.25) is 0 Å². The zero-order valence-electron chi connectivity index (χ0n) is 31.1. The van der Waals surface area contributed by atoms with Crippen LogP contribution < -0.4 is 21.3 Å². The molecule has 4 N–H and O–H groups in total. The number of rotatable bonds is 13. The molecule has 2 saturated carbocycles. The van der Waals surface area contributed by atoms with Gasteiger partial charge < -0.3 is 26.2 Å². The van der Waals surface area contributed by atoms with Crippen LogP contribution in [0.25, 0.3) is 0 Å². The lowest BCUT2D eigenvalue weighted by molar-refractivity contribution is -0.144. The molecule has 5 amide bonds. The molecule has 0 radical (unpaired) electrons. The SMILES string of the molecule is CNC(=O)C(=O)C(CC1CCC1)NC(=O)[C@@H]1[C@@H](C(C)C)CCN1C(=O)[C@@H](NC(=O)N[C@H](CN1CCCCS1(=O)=O)C(C)(C)C)C1CCCCC1. The molecule has 0 aromatic carbocycles. The topological polar surface area (TPSA) is 174 Å². The molecule has 0 bridgehead atoms. The number of carbonyl (C=O) groups excluding carboxylic acids is 5. The molecule has 2 saturated heterocycles. The van der Waals surface area contributed by atoms with E-state index in [0.717, 1.165) is 57.8 Å². The van der Waals surface area contributed by atoms with Crippen molar-refractivity contribution in [1.82, 2.24) is 30.5 Å². The molecule has 2 heterocycles. The number of ketones is 1. The summed E-state index contributed by atoms with van der Waals surface area (Å²) in [5.41, 5.74) is -0.473. The van der Waals surface area contributed by atoms with Crippen molar-refractivity contribution < 1.29 is 32.4 Å². The number of urea groups is 1. The third-order valence-electron chi connectivity index (χ3n) is 11.6. The second-order valence-electron chi connectivity index (χ2n) is 16.5. The molecular weight excluding hydrogens is 660 g/mol. The number of likely N-dealkylation sites (N-methyl/N-ethyl adjacent to an activating group) is 1. The third-order valence-corrected chi connectivity index (χ3v) is 13.5. The lowest BCUT2D eigenvalue weighted by Crippen LogP contribution is -2.61. The highest BCUT2D eigenvalue weighted by molar-refractivity contribution is 7.89.